The van der Waals surface area contributed by atoms with E-state index in [2.05, 4.69) is 6.92 Å². The lowest BCUT2D eigenvalue weighted by Crippen LogP contribution is -2.45. The Labute approximate surface area is 169 Å². The van der Waals surface area contributed by atoms with Gasteiger partial charge in [-0.3, -0.25) is 19.3 Å². The molecule has 2 heterocycles. The molecule has 0 unspecified atom stereocenters. The number of carbonyl (C=O) groups excluding carboxylic acids is 3. The van der Waals surface area contributed by atoms with Crippen molar-refractivity contribution in [2.75, 3.05) is 19.6 Å². The predicted octanol–water partition coefficient (Wildman–Crippen LogP) is 3.29. The monoisotopic (exact) mass is 486 g/mol. The molecule has 0 bridgehead atoms. The van der Waals surface area contributed by atoms with Gasteiger partial charge in [0.15, 0.2) is 0 Å². The van der Waals surface area contributed by atoms with E-state index in [1.54, 1.807) is 29.2 Å². The summed E-state index contributed by atoms with van der Waals surface area (Å²) in [6.07, 6.45) is 3.51. The van der Waals surface area contributed by atoms with Gasteiger partial charge in [-0.25, -0.2) is 0 Å². The van der Waals surface area contributed by atoms with Gasteiger partial charge in [-0.15, -0.1) is 0 Å². The fourth-order valence-corrected chi connectivity index (χ4v) is 4.27. The predicted molar refractivity (Wildman–Crippen MR) is 108 cm³/mol. The maximum atomic E-state index is 12.5. The molecule has 138 valence electrons. The number of aromatic hydroxyl groups is 1. The van der Waals surface area contributed by atoms with Crippen molar-refractivity contribution in [1.82, 2.24) is 9.80 Å². The molecule has 0 saturated carbocycles. The molecule has 26 heavy (non-hydrogen) atoms. The third-order valence-corrected chi connectivity index (χ3v) is 6.34. The van der Waals surface area contributed by atoms with E-state index in [1.165, 1.54) is 0 Å². The Morgan fingerprint density at radius 2 is 2.04 bits per heavy atom. The van der Waals surface area contributed by atoms with E-state index in [0.717, 1.165) is 29.5 Å². The number of rotatable bonds is 3. The van der Waals surface area contributed by atoms with Crippen LogP contribution in [0.3, 0.4) is 0 Å². The maximum Gasteiger partial charge on any atom is 0.294 e. The number of imide groups is 1. The number of thioether (sulfide) groups is 1. The first-order valence-corrected chi connectivity index (χ1v) is 10.3. The molecule has 6 nitrogen and oxygen atoms in total. The highest BCUT2D eigenvalue weighted by Crippen LogP contribution is 2.33. The van der Waals surface area contributed by atoms with Crippen LogP contribution in [0, 0.1) is 9.49 Å². The molecule has 2 saturated heterocycles. The summed E-state index contributed by atoms with van der Waals surface area (Å²) in [4.78, 5) is 40.2. The number of nitrogens with zero attached hydrogens (tertiary/aromatic N) is 2. The Hall–Kier alpha value is -1.55. The first-order valence-electron chi connectivity index (χ1n) is 8.37. The van der Waals surface area contributed by atoms with Gasteiger partial charge in [0.05, 0.1) is 8.48 Å². The molecule has 1 N–H and O–H groups in total. The highest BCUT2D eigenvalue weighted by molar-refractivity contribution is 14.1. The molecule has 0 aromatic heterocycles. The molecule has 0 radical (unpaired) electrons. The summed E-state index contributed by atoms with van der Waals surface area (Å²) in [6, 6.07) is 4.94. The average molecular weight is 486 g/mol. The van der Waals surface area contributed by atoms with Gasteiger partial charge >= 0.3 is 0 Å². The van der Waals surface area contributed by atoms with Crippen molar-refractivity contribution in [1.29, 1.82) is 0 Å². The zero-order valence-corrected chi connectivity index (χ0v) is 17.2. The molecule has 0 spiro atoms. The summed E-state index contributed by atoms with van der Waals surface area (Å²) in [6.45, 7) is 3.31. The fourth-order valence-electron chi connectivity index (χ4n) is 2.89. The summed E-state index contributed by atoms with van der Waals surface area (Å²) < 4.78 is 0.657. The van der Waals surface area contributed by atoms with Crippen molar-refractivity contribution in [2.24, 2.45) is 5.92 Å². The van der Waals surface area contributed by atoms with Gasteiger partial charge < -0.3 is 10.0 Å². The highest BCUT2D eigenvalue weighted by atomic mass is 127. The summed E-state index contributed by atoms with van der Waals surface area (Å²) in [5, 5.41) is 9.15. The SMILES string of the molecule is CC1CCN(C(=O)CN2C(=O)S/C(=C\c3ccc(O)c(I)c3)C2=O)CC1. The maximum absolute atomic E-state index is 12.5. The minimum atomic E-state index is -0.443. The van der Waals surface area contributed by atoms with Crippen LogP contribution in [0.1, 0.15) is 25.3 Å². The zero-order valence-electron chi connectivity index (χ0n) is 14.3. The number of likely N-dealkylation sites (tertiary alicyclic amines) is 1. The largest absolute Gasteiger partial charge is 0.507 e. The molecule has 2 aliphatic rings. The molecule has 3 rings (SSSR count). The molecule has 2 aliphatic heterocycles. The van der Waals surface area contributed by atoms with Gasteiger partial charge in [0, 0.05) is 13.1 Å². The van der Waals surface area contributed by atoms with Gasteiger partial charge in [-0.05, 0) is 76.9 Å². The van der Waals surface area contributed by atoms with Crippen LogP contribution in [-0.4, -0.2) is 51.6 Å². The Morgan fingerprint density at radius 3 is 2.69 bits per heavy atom. The van der Waals surface area contributed by atoms with E-state index >= 15 is 0 Å². The van der Waals surface area contributed by atoms with E-state index in [0.29, 0.717) is 28.1 Å². The Bertz CT molecular complexity index is 787. The lowest BCUT2D eigenvalue weighted by Gasteiger charge is -2.31. The van der Waals surface area contributed by atoms with E-state index < -0.39 is 11.1 Å². The number of phenols is 1. The number of piperidine rings is 1. The lowest BCUT2D eigenvalue weighted by atomic mass is 9.99. The van der Waals surface area contributed by atoms with Gasteiger partial charge in [0.1, 0.15) is 12.3 Å². The van der Waals surface area contributed by atoms with Crippen molar-refractivity contribution in [3.63, 3.8) is 0 Å². The van der Waals surface area contributed by atoms with E-state index in [9.17, 15) is 19.5 Å². The fraction of sp³-hybridized carbons (Fsp3) is 0.389. The second-order valence-corrected chi connectivity index (χ2v) is 8.70. The van der Waals surface area contributed by atoms with Crippen LogP contribution in [0.15, 0.2) is 23.1 Å². The smallest absolute Gasteiger partial charge is 0.294 e. The standard InChI is InChI=1S/C18H19IN2O4S/c1-11-4-6-20(7-5-11)16(23)10-21-17(24)15(26-18(21)25)9-12-2-3-14(22)13(19)8-12/h2-3,8-9,11,22H,4-7,10H2,1H3/b15-9-. The molecule has 1 aromatic carbocycles. The summed E-state index contributed by atoms with van der Waals surface area (Å²) >= 11 is 2.83. The van der Waals surface area contributed by atoms with Crippen molar-refractivity contribution in [2.45, 2.75) is 19.8 Å². The molecule has 8 heteroatoms. The van der Waals surface area contributed by atoms with Crippen molar-refractivity contribution in [3.8, 4) is 5.75 Å². The Kier molecular flexibility index (Phi) is 5.91. The number of carbonyl (C=O) groups is 3. The number of halogens is 1. The van der Waals surface area contributed by atoms with E-state index in [-0.39, 0.29) is 23.1 Å². The van der Waals surface area contributed by atoms with E-state index in [1.807, 2.05) is 22.6 Å². The number of benzene rings is 1. The van der Waals surface area contributed by atoms with Crippen LogP contribution in [-0.2, 0) is 9.59 Å². The van der Waals surface area contributed by atoms with Gasteiger partial charge in [-0.2, -0.15) is 0 Å². The highest BCUT2D eigenvalue weighted by Gasteiger charge is 2.37. The van der Waals surface area contributed by atoms with Crippen LogP contribution in [0.5, 0.6) is 5.75 Å². The number of phenolic OH excluding ortho intramolecular Hbond substituents is 1. The average Bonchev–Trinajstić information content (AvgIpc) is 2.86. The van der Waals surface area contributed by atoms with Crippen LogP contribution in [0.4, 0.5) is 4.79 Å². The number of hydrogen-bond acceptors (Lipinski definition) is 5. The Balaban J connectivity index is 1.69. The van der Waals surface area contributed by atoms with E-state index in [4.69, 9.17) is 0 Å². The van der Waals surface area contributed by atoms with Crippen LogP contribution in [0.25, 0.3) is 6.08 Å². The van der Waals surface area contributed by atoms with Crippen molar-refractivity contribution in [3.05, 3.63) is 32.2 Å². The molecule has 3 amide bonds. The molecule has 0 atom stereocenters. The van der Waals surface area contributed by atoms with Gasteiger partial charge in [0.25, 0.3) is 11.1 Å². The first-order chi connectivity index (χ1) is 12.3. The molecular formula is C18H19IN2O4S. The normalized spacial score (nSPS) is 20.3. The first kappa shape index (κ1) is 19.2. The van der Waals surface area contributed by atoms with Crippen LogP contribution < -0.4 is 0 Å². The molecular weight excluding hydrogens is 467 g/mol. The summed E-state index contributed by atoms with van der Waals surface area (Å²) in [5.74, 6) is 0.144. The van der Waals surface area contributed by atoms with Crippen molar-refractivity contribution >= 4 is 57.5 Å². The molecule has 0 aliphatic carbocycles. The van der Waals surface area contributed by atoms with Crippen LogP contribution >= 0.6 is 34.4 Å². The number of amides is 3. The zero-order chi connectivity index (χ0) is 18.8. The Morgan fingerprint density at radius 1 is 1.35 bits per heavy atom. The lowest BCUT2D eigenvalue weighted by molar-refractivity contribution is -0.136. The second-order valence-electron chi connectivity index (χ2n) is 6.54. The number of hydrogen-bond donors (Lipinski definition) is 1. The third kappa shape index (κ3) is 4.22. The minimum absolute atomic E-state index is 0.164. The second kappa shape index (κ2) is 7.99. The quantitative estimate of drug-likeness (QED) is 0.524. The minimum Gasteiger partial charge on any atom is -0.507 e. The third-order valence-electron chi connectivity index (χ3n) is 4.57. The summed E-state index contributed by atoms with van der Waals surface area (Å²) in [7, 11) is 0. The topological polar surface area (TPSA) is 77.9 Å². The van der Waals surface area contributed by atoms with Gasteiger partial charge in [-0.1, -0.05) is 13.0 Å². The van der Waals surface area contributed by atoms with Gasteiger partial charge in [0.2, 0.25) is 5.91 Å². The molecule has 1 aromatic rings. The molecule has 2 fully saturated rings. The summed E-state index contributed by atoms with van der Waals surface area (Å²) in [5.41, 5.74) is 0.717. The van der Waals surface area contributed by atoms with Crippen molar-refractivity contribution < 1.29 is 19.5 Å². The van der Waals surface area contributed by atoms with Crippen LogP contribution in [0.2, 0.25) is 0 Å².